The van der Waals surface area contributed by atoms with Gasteiger partial charge in [0.05, 0.1) is 4.92 Å². The Kier molecular flexibility index (Phi) is 5.76. The predicted molar refractivity (Wildman–Crippen MR) is 120 cm³/mol. The molecular weight excluding hydrogens is 410 g/mol. The van der Waals surface area contributed by atoms with Gasteiger partial charge in [-0.3, -0.25) is 19.7 Å². The molecule has 158 valence electrons. The normalized spacial score (nSPS) is 10.4. The number of nitro benzene ring substituents is 1. The number of hydrogen-bond donors (Lipinski definition) is 2. The number of hydrogen-bond acceptors (Lipinski definition) is 5. The zero-order valence-corrected chi connectivity index (χ0v) is 16.6. The third-order valence-electron chi connectivity index (χ3n) is 4.63. The largest absolute Gasteiger partial charge is 0.451 e. The molecule has 0 aliphatic carbocycles. The number of amides is 2. The standard InChI is InChI=1S/C24H17N3O5/c28-23(17-4-2-1-3-5-17)25-18-8-10-19(11-9-18)26-24(29)22-15-14-21(32-22)16-6-12-20(13-7-16)27(30)31/h1-15H,(H,25,28)(H,26,29). The predicted octanol–water partition coefficient (Wildman–Crippen LogP) is 5.36. The average Bonchev–Trinajstić information content (AvgIpc) is 3.31. The summed E-state index contributed by atoms with van der Waals surface area (Å²) < 4.78 is 5.59. The van der Waals surface area contributed by atoms with E-state index in [-0.39, 0.29) is 17.4 Å². The van der Waals surface area contributed by atoms with E-state index in [0.29, 0.717) is 28.3 Å². The summed E-state index contributed by atoms with van der Waals surface area (Å²) in [4.78, 5) is 35.0. The van der Waals surface area contributed by atoms with Crippen LogP contribution in [0.1, 0.15) is 20.9 Å². The molecule has 0 unspecified atom stereocenters. The number of anilines is 2. The number of nitrogens with one attached hydrogen (secondary N) is 2. The van der Waals surface area contributed by atoms with Crippen molar-refractivity contribution in [3.8, 4) is 11.3 Å². The third kappa shape index (κ3) is 4.71. The molecule has 8 nitrogen and oxygen atoms in total. The molecule has 0 atom stereocenters. The maximum atomic E-state index is 12.5. The van der Waals surface area contributed by atoms with Crippen LogP contribution >= 0.6 is 0 Å². The second-order valence-electron chi connectivity index (χ2n) is 6.82. The van der Waals surface area contributed by atoms with Crippen LogP contribution in [0.2, 0.25) is 0 Å². The second kappa shape index (κ2) is 8.97. The fraction of sp³-hybridized carbons (Fsp3) is 0. The van der Waals surface area contributed by atoms with E-state index in [0.717, 1.165) is 0 Å². The fourth-order valence-electron chi connectivity index (χ4n) is 2.98. The molecule has 0 saturated heterocycles. The molecule has 32 heavy (non-hydrogen) atoms. The highest BCUT2D eigenvalue weighted by molar-refractivity contribution is 6.05. The molecule has 0 fully saturated rings. The van der Waals surface area contributed by atoms with Gasteiger partial charge in [-0.2, -0.15) is 0 Å². The van der Waals surface area contributed by atoms with Crippen molar-refractivity contribution in [2.24, 2.45) is 0 Å². The van der Waals surface area contributed by atoms with Gasteiger partial charge in [-0.15, -0.1) is 0 Å². The summed E-state index contributed by atoms with van der Waals surface area (Å²) in [5, 5.41) is 16.3. The van der Waals surface area contributed by atoms with Crippen LogP contribution in [0, 0.1) is 10.1 Å². The van der Waals surface area contributed by atoms with Crippen molar-refractivity contribution in [1.29, 1.82) is 0 Å². The SMILES string of the molecule is O=C(Nc1ccc(NC(=O)c2ccc(-c3ccc([N+](=O)[O-])cc3)o2)cc1)c1ccccc1. The molecule has 0 spiro atoms. The average molecular weight is 427 g/mol. The Morgan fingerprint density at radius 2 is 1.31 bits per heavy atom. The number of carbonyl (C=O) groups is 2. The van der Waals surface area contributed by atoms with E-state index in [4.69, 9.17) is 4.42 Å². The molecule has 0 bridgehead atoms. The van der Waals surface area contributed by atoms with Crippen LogP contribution in [0.3, 0.4) is 0 Å². The number of benzene rings is 3. The van der Waals surface area contributed by atoms with Crippen molar-refractivity contribution in [3.63, 3.8) is 0 Å². The Labute approximate surface area is 182 Å². The summed E-state index contributed by atoms with van der Waals surface area (Å²) in [7, 11) is 0. The molecule has 0 aliphatic heterocycles. The van der Waals surface area contributed by atoms with E-state index in [2.05, 4.69) is 10.6 Å². The fourth-order valence-corrected chi connectivity index (χ4v) is 2.98. The third-order valence-corrected chi connectivity index (χ3v) is 4.63. The number of nitrogens with zero attached hydrogens (tertiary/aromatic N) is 1. The molecule has 4 rings (SSSR count). The number of nitro groups is 1. The molecule has 0 radical (unpaired) electrons. The van der Waals surface area contributed by atoms with Crippen molar-refractivity contribution >= 4 is 28.9 Å². The Hall–Kier alpha value is -4.72. The maximum absolute atomic E-state index is 12.5. The van der Waals surface area contributed by atoms with Crippen LogP contribution in [0.4, 0.5) is 17.1 Å². The lowest BCUT2D eigenvalue weighted by Crippen LogP contribution is -2.12. The van der Waals surface area contributed by atoms with Crippen LogP contribution < -0.4 is 10.6 Å². The minimum absolute atomic E-state index is 0.0262. The first-order valence-electron chi connectivity index (χ1n) is 9.62. The van der Waals surface area contributed by atoms with Gasteiger partial charge in [-0.1, -0.05) is 18.2 Å². The van der Waals surface area contributed by atoms with Crippen LogP contribution in [0.25, 0.3) is 11.3 Å². The van der Waals surface area contributed by atoms with Crippen LogP contribution in [-0.2, 0) is 0 Å². The molecule has 0 aliphatic rings. The van der Waals surface area contributed by atoms with Gasteiger partial charge in [0.2, 0.25) is 0 Å². The summed E-state index contributed by atoms with van der Waals surface area (Å²) >= 11 is 0. The summed E-state index contributed by atoms with van der Waals surface area (Å²) in [5.41, 5.74) is 2.26. The molecule has 0 saturated carbocycles. The number of non-ortho nitro benzene ring substituents is 1. The van der Waals surface area contributed by atoms with E-state index < -0.39 is 10.8 Å². The first kappa shape index (κ1) is 20.5. The van der Waals surface area contributed by atoms with Crippen molar-refractivity contribution in [2.75, 3.05) is 10.6 Å². The van der Waals surface area contributed by atoms with Crippen molar-refractivity contribution in [2.45, 2.75) is 0 Å². The van der Waals surface area contributed by atoms with Gasteiger partial charge in [0, 0.05) is 34.6 Å². The monoisotopic (exact) mass is 427 g/mol. The molecule has 4 aromatic rings. The van der Waals surface area contributed by atoms with Gasteiger partial charge < -0.3 is 15.1 Å². The van der Waals surface area contributed by atoms with Gasteiger partial charge in [-0.05, 0) is 60.7 Å². The van der Waals surface area contributed by atoms with Crippen molar-refractivity contribution < 1.29 is 18.9 Å². The summed E-state index contributed by atoms with van der Waals surface area (Å²) in [6, 6.07) is 24.6. The van der Waals surface area contributed by atoms with Crippen molar-refractivity contribution in [1.82, 2.24) is 0 Å². The smallest absolute Gasteiger partial charge is 0.291 e. The van der Waals surface area contributed by atoms with E-state index in [1.807, 2.05) is 6.07 Å². The quantitative estimate of drug-likeness (QED) is 0.318. The second-order valence-corrected chi connectivity index (χ2v) is 6.82. The number of carbonyl (C=O) groups excluding carboxylic acids is 2. The van der Waals surface area contributed by atoms with E-state index in [1.165, 1.54) is 18.2 Å². The van der Waals surface area contributed by atoms with Gasteiger partial charge in [0.25, 0.3) is 17.5 Å². The van der Waals surface area contributed by atoms with Crippen LogP contribution in [0.5, 0.6) is 0 Å². The first-order valence-corrected chi connectivity index (χ1v) is 9.62. The summed E-state index contributed by atoms with van der Waals surface area (Å²) in [6.45, 7) is 0. The zero-order chi connectivity index (χ0) is 22.5. The van der Waals surface area contributed by atoms with Gasteiger partial charge in [0.15, 0.2) is 5.76 Å². The Morgan fingerprint density at radius 1 is 0.719 bits per heavy atom. The van der Waals surface area contributed by atoms with Gasteiger partial charge in [0.1, 0.15) is 5.76 Å². The minimum atomic E-state index is -0.483. The molecule has 1 aromatic heterocycles. The maximum Gasteiger partial charge on any atom is 0.291 e. The summed E-state index contributed by atoms with van der Waals surface area (Å²) in [5.74, 6) is -0.153. The Bertz CT molecular complexity index is 1260. The molecule has 1 heterocycles. The number of rotatable bonds is 6. The lowest BCUT2D eigenvalue weighted by molar-refractivity contribution is -0.384. The summed E-state index contributed by atoms with van der Waals surface area (Å²) in [6.07, 6.45) is 0. The van der Waals surface area contributed by atoms with E-state index in [1.54, 1.807) is 66.7 Å². The van der Waals surface area contributed by atoms with E-state index in [9.17, 15) is 19.7 Å². The molecule has 2 amide bonds. The van der Waals surface area contributed by atoms with Gasteiger partial charge in [-0.25, -0.2) is 0 Å². The van der Waals surface area contributed by atoms with Crippen molar-refractivity contribution in [3.05, 3.63) is 112 Å². The molecule has 3 aromatic carbocycles. The van der Waals surface area contributed by atoms with Gasteiger partial charge >= 0.3 is 0 Å². The highest BCUT2D eigenvalue weighted by Crippen LogP contribution is 2.25. The molecule has 8 heteroatoms. The Balaban J connectivity index is 1.39. The Morgan fingerprint density at radius 3 is 1.91 bits per heavy atom. The molecule has 2 N–H and O–H groups in total. The molecular formula is C24H17N3O5. The first-order chi connectivity index (χ1) is 15.5. The van der Waals surface area contributed by atoms with E-state index >= 15 is 0 Å². The van der Waals surface area contributed by atoms with Crippen LogP contribution in [-0.4, -0.2) is 16.7 Å². The number of furan rings is 1. The minimum Gasteiger partial charge on any atom is -0.451 e. The van der Waals surface area contributed by atoms with Crippen LogP contribution in [0.15, 0.2) is 95.4 Å². The highest BCUT2D eigenvalue weighted by atomic mass is 16.6. The lowest BCUT2D eigenvalue weighted by Gasteiger charge is -2.07. The zero-order valence-electron chi connectivity index (χ0n) is 16.6. The lowest BCUT2D eigenvalue weighted by atomic mass is 10.1. The topological polar surface area (TPSA) is 114 Å². The highest BCUT2D eigenvalue weighted by Gasteiger charge is 2.14.